The number of rotatable bonds is 7. The van der Waals surface area contributed by atoms with Gasteiger partial charge in [-0.15, -0.1) is 0 Å². The topological polar surface area (TPSA) is 59.6 Å². The molecule has 1 fully saturated rings. The molecular weight excluding hydrogens is 256 g/mol. The maximum absolute atomic E-state index is 11.7. The Morgan fingerprint density at radius 2 is 2.00 bits per heavy atom. The van der Waals surface area contributed by atoms with Gasteiger partial charge in [-0.05, 0) is 40.0 Å². The van der Waals surface area contributed by atoms with Crippen LogP contribution in [0.5, 0.6) is 0 Å². The molecule has 0 aromatic rings. The highest BCUT2D eigenvalue weighted by Gasteiger charge is 2.30. The molecule has 1 saturated carbocycles. The molecule has 1 atom stereocenters. The van der Waals surface area contributed by atoms with Crippen molar-refractivity contribution in [1.82, 2.24) is 10.6 Å². The molecule has 5 nitrogen and oxygen atoms in total. The van der Waals surface area contributed by atoms with Crippen LogP contribution in [0.15, 0.2) is 0 Å². The van der Waals surface area contributed by atoms with Gasteiger partial charge in [0, 0.05) is 25.7 Å². The van der Waals surface area contributed by atoms with Gasteiger partial charge in [0.05, 0.1) is 6.10 Å². The van der Waals surface area contributed by atoms with E-state index in [-0.39, 0.29) is 6.09 Å². The van der Waals surface area contributed by atoms with Crippen LogP contribution in [-0.4, -0.2) is 43.5 Å². The Kier molecular flexibility index (Phi) is 6.76. The molecule has 1 aliphatic carbocycles. The first-order chi connectivity index (χ1) is 9.34. The van der Waals surface area contributed by atoms with Gasteiger partial charge in [0.1, 0.15) is 5.60 Å². The van der Waals surface area contributed by atoms with Gasteiger partial charge in [0.2, 0.25) is 0 Å². The molecule has 0 heterocycles. The number of alkyl carbamates (subject to hydrolysis) is 1. The number of ether oxygens (including phenoxy) is 2. The normalized spacial score (nSPS) is 23.9. The lowest BCUT2D eigenvalue weighted by molar-refractivity contribution is 0.0134. The second-order valence-corrected chi connectivity index (χ2v) is 6.56. The molecule has 0 aromatic carbocycles. The number of nitrogens with one attached hydrogen (secondary N) is 2. The summed E-state index contributed by atoms with van der Waals surface area (Å²) in [6.07, 6.45) is 4.31. The smallest absolute Gasteiger partial charge is 0.407 e. The van der Waals surface area contributed by atoms with Crippen molar-refractivity contribution in [2.45, 2.75) is 77.2 Å². The summed E-state index contributed by atoms with van der Waals surface area (Å²) >= 11 is 0. The van der Waals surface area contributed by atoms with Gasteiger partial charge in [-0.3, -0.25) is 0 Å². The van der Waals surface area contributed by atoms with E-state index in [1.807, 2.05) is 20.8 Å². The fourth-order valence-electron chi connectivity index (χ4n) is 2.34. The van der Waals surface area contributed by atoms with Gasteiger partial charge in [0.25, 0.3) is 0 Å². The van der Waals surface area contributed by atoms with E-state index in [1.165, 1.54) is 0 Å². The lowest BCUT2D eigenvalue weighted by Crippen LogP contribution is -2.52. The van der Waals surface area contributed by atoms with E-state index in [4.69, 9.17) is 9.47 Å². The van der Waals surface area contributed by atoms with Crippen molar-refractivity contribution < 1.29 is 14.3 Å². The van der Waals surface area contributed by atoms with Gasteiger partial charge in [-0.25, -0.2) is 4.79 Å². The first-order valence-corrected chi connectivity index (χ1v) is 7.59. The zero-order valence-electron chi connectivity index (χ0n) is 13.5. The van der Waals surface area contributed by atoms with Gasteiger partial charge in [0.15, 0.2) is 0 Å². The highest BCUT2D eigenvalue weighted by atomic mass is 16.6. The maximum atomic E-state index is 11.7. The number of carbonyl (C=O) groups is 1. The second kappa shape index (κ2) is 7.84. The van der Waals surface area contributed by atoms with Crippen LogP contribution < -0.4 is 10.6 Å². The van der Waals surface area contributed by atoms with Crippen LogP contribution in [0.2, 0.25) is 0 Å². The summed E-state index contributed by atoms with van der Waals surface area (Å²) in [4.78, 5) is 11.7. The molecule has 0 bridgehead atoms. The lowest BCUT2D eigenvalue weighted by atomic mass is 9.88. The van der Waals surface area contributed by atoms with Crippen LogP contribution in [0.25, 0.3) is 0 Å². The largest absolute Gasteiger partial charge is 0.444 e. The van der Waals surface area contributed by atoms with Gasteiger partial charge in [-0.1, -0.05) is 13.3 Å². The number of amides is 1. The average molecular weight is 286 g/mol. The average Bonchev–Trinajstić information content (AvgIpc) is 2.27. The number of hydrogen-bond donors (Lipinski definition) is 2. The van der Waals surface area contributed by atoms with Crippen LogP contribution in [-0.2, 0) is 9.47 Å². The summed E-state index contributed by atoms with van der Waals surface area (Å²) in [5.74, 6) is 0. The minimum atomic E-state index is -0.447. The second-order valence-electron chi connectivity index (χ2n) is 6.56. The number of carbonyl (C=O) groups excluding carboxylic acids is 1. The van der Waals surface area contributed by atoms with Crippen LogP contribution in [0.4, 0.5) is 4.79 Å². The van der Waals surface area contributed by atoms with E-state index in [0.29, 0.717) is 24.7 Å². The van der Waals surface area contributed by atoms with Gasteiger partial charge in [-0.2, -0.15) is 0 Å². The molecule has 0 spiro atoms. The van der Waals surface area contributed by atoms with Crippen molar-refractivity contribution in [3.05, 3.63) is 0 Å². The zero-order valence-corrected chi connectivity index (χ0v) is 13.5. The van der Waals surface area contributed by atoms with E-state index in [2.05, 4.69) is 17.6 Å². The summed E-state index contributed by atoms with van der Waals surface area (Å²) in [6.45, 7) is 8.37. The molecule has 20 heavy (non-hydrogen) atoms. The predicted molar refractivity (Wildman–Crippen MR) is 79.9 cm³/mol. The number of hydrogen-bond acceptors (Lipinski definition) is 4. The Morgan fingerprint density at radius 1 is 1.35 bits per heavy atom. The molecule has 0 radical (unpaired) electrons. The van der Waals surface area contributed by atoms with Crippen molar-refractivity contribution in [2.75, 3.05) is 13.7 Å². The van der Waals surface area contributed by atoms with Crippen LogP contribution in [0.1, 0.15) is 53.4 Å². The van der Waals surface area contributed by atoms with Crippen LogP contribution >= 0.6 is 0 Å². The monoisotopic (exact) mass is 286 g/mol. The zero-order chi connectivity index (χ0) is 15.2. The Bertz CT molecular complexity index is 296. The van der Waals surface area contributed by atoms with Crippen molar-refractivity contribution in [2.24, 2.45) is 0 Å². The first-order valence-electron chi connectivity index (χ1n) is 7.59. The molecule has 1 rings (SSSR count). The lowest BCUT2D eigenvalue weighted by Gasteiger charge is -2.37. The maximum Gasteiger partial charge on any atom is 0.407 e. The van der Waals surface area contributed by atoms with Gasteiger partial charge < -0.3 is 20.1 Å². The molecule has 1 aliphatic rings. The third-order valence-electron chi connectivity index (χ3n) is 3.43. The quantitative estimate of drug-likeness (QED) is 0.754. The van der Waals surface area contributed by atoms with E-state index in [9.17, 15) is 4.79 Å². The molecule has 1 unspecified atom stereocenters. The van der Waals surface area contributed by atoms with E-state index < -0.39 is 5.60 Å². The van der Waals surface area contributed by atoms with Crippen LogP contribution in [0, 0.1) is 0 Å². The van der Waals surface area contributed by atoms with E-state index in [1.54, 1.807) is 7.11 Å². The predicted octanol–water partition coefficient (Wildman–Crippen LogP) is 2.45. The molecule has 118 valence electrons. The summed E-state index contributed by atoms with van der Waals surface area (Å²) < 4.78 is 10.5. The van der Waals surface area contributed by atoms with Crippen molar-refractivity contribution >= 4 is 6.09 Å². The van der Waals surface area contributed by atoms with Crippen LogP contribution in [0.3, 0.4) is 0 Å². The summed E-state index contributed by atoms with van der Waals surface area (Å²) in [5, 5.41) is 6.43. The SMILES string of the molecule is CCCC(CNC(=O)OC(C)(C)C)NC1CC(OC)C1. The standard InChI is InChI=1S/C15H30N2O3/c1-6-7-11(17-12-8-13(9-12)19-5)10-16-14(18)20-15(2,3)4/h11-13,17H,6-10H2,1-5H3,(H,16,18). The molecule has 2 N–H and O–H groups in total. The summed E-state index contributed by atoms with van der Waals surface area (Å²) in [6, 6.07) is 0.812. The Labute approximate surface area is 122 Å². The third-order valence-corrected chi connectivity index (χ3v) is 3.43. The fourth-order valence-corrected chi connectivity index (χ4v) is 2.34. The van der Waals surface area contributed by atoms with Gasteiger partial charge >= 0.3 is 6.09 Å². The molecule has 1 amide bonds. The molecule has 0 aliphatic heterocycles. The van der Waals surface area contributed by atoms with Crippen molar-refractivity contribution in [1.29, 1.82) is 0 Å². The summed E-state index contributed by atoms with van der Waals surface area (Å²) in [7, 11) is 1.76. The number of methoxy groups -OCH3 is 1. The minimum absolute atomic E-state index is 0.301. The Hall–Kier alpha value is -0.810. The van der Waals surface area contributed by atoms with Crippen molar-refractivity contribution in [3.63, 3.8) is 0 Å². The fraction of sp³-hybridized carbons (Fsp3) is 0.933. The molecule has 0 aromatic heterocycles. The first kappa shape index (κ1) is 17.2. The third kappa shape index (κ3) is 6.57. The van der Waals surface area contributed by atoms with E-state index in [0.717, 1.165) is 25.7 Å². The minimum Gasteiger partial charge on any atom is -0.444 e. The summed E-state index contributed by atoms with van der Waals surface area (Å²) in [5.41, 5.74) is -0.447. The van der Waals surface area contributed by atoms with Crippen molar-refractivity contribution in [3.8, 4) is 0 Å². The highest BCUT2D eigenvalue weighted by molar-refractivity contribution is 5.67. The Morgan fingerprint density at radius 3 is 2.50 bits per heavy atom. The molecule has 0 saturated heterocycles. The molecule has 5 heteroatoms. The Balaban J connectivity index is 2.27. The molecular formula is C15H30N2O3. The van der Waals surface area contributed by atoms with E-state index >= 15 is 0 Å². The highest BCUT2D eigenvalue weighted by Crippen LogP contribution is 2.23.